The standard InChI is InChI=1S/C28H20N4O/c1-3-7-21(8-4-1)19-29-25-15-11-23(12-16-25)27-31-32-28(33-27)24-13-17-26(18-14-24)30-20-22-9-5-2-6-10-22/h1-20H. The zero-order valence-electron chi connectivity index (χ0n) is 17.7. The summed E-state index contributed by atoms with van der Waals surface area (Å²) in [7, 11) is 0. The number of benzene rings is 4. The fourth-order valence-corrected chi connectivity index (χ4v) is 3.21. The lowest BCUT2D eigenvalue weighted by Crippen LogP contribution is -1.79. The van der Waals surface area contributed by atoms with Crippen LogP contribution in [0.1, 0.15) is 11.1 Å². The second-order valence-corrected chi connectivity index (χ2v) is 7.34. The van der Waals surface area contributed by atoms with Crippen LogP contribution >= 0.6 is 0 Å². The molecule has 158 valence electrons. The molecule has 1 aromatic heterocycles. The van der Waals surface area contributed by atoms with Crippen molar-refractivity contribution in [2.24, 2.45) is 9.98 Å². The van der Waals surface area contributed by atoms with Crippen LogP contribution in [0.25, 0.3) is 22.9 Å². The molecule has 5 rings (SSSR count). The van der Waals surface area contributed by atoms with Gasteiger partial charge in [0, 0.05) is 23.6 Å². The minimum absolute atomic E-state index is 0.467. The molecule has 5 nitrogen and oxygen atoms in total. The third-order valence-electron chi connectivity index (χ3n) is 4.98. The first kappa shape index (κ1) is 20.3. The molecule has 0 amide bonds. The van der Waals surface area contributed by atoms with E-state index in [0.717, 1.165) is 33.6 Å². The molecular weight excluding hydrogens is 408 g/mol. The topological polar surface area (TPSA) is 63.6 Å². The van der Waals surface area contributed by atoms with Gasteiger partial charge in [-0.3, -0.25) is 9.98 Å². The van der Waals surface area contributed by atoms with Gasteiger partial charge in [-0.2, -0.15) is 0 Å². The van der Waals surface area contributed by atoms with Gasteiger partial charge in [-0.15, -0.1) is 10.2 Å². The fourth-order valence-electron chi connectivity index (χ4n) is 3.21. The van der Waals surface area contributed by atoms with Crippen molar-refractivity contribution in [3.63, 3.8) is 0 Å². The van der Waals surface area contributed by atoms with Gasteiger partial charge in [-0.05, 0) is 59.7 Å². The van der Waals surface area contributed by atoms with Crippen LogP contribution in [0, 0.1) is 0 Å². The van der Waals surface area contributed by atoms with E-state index >= 15 is 0 Å². The minimum Gasteiger partial charge on any atom is -0.416 e. The summed E-state index contributed by atoms with van der Waals surface area (Å²) in [5.41, 5.74) is 5.51. The Morgan fingerprint density at radius 3 is 1.27 bits per heavy atom. The minimum atomic E-state index is 0.467. The molecule has 0 aliphatic rings. The predicted molar refractivity (Wildman–Crippen MR) is 133 cm³/mol. The van der Waals surface area contributed by atoms with Crippen LogP contribution < -0.4 is 0 Å². The first-order chi connectivity index (χ1) is 16.3. The van der Waals surface area contributed by atoms with Gasteiger partial charge >= 0.3 is 0 Å². The van der Waals surface area contributed by atoms with Crippen molar-refractivity contribution < 1.29 is 4.42 Å². The summed E-state index contributed by atoms with van der Waals surface area (Å²) in [6.07, 6.45) is 3.68. The zero-order chi connectivity index (χ0) is 22.3. The molecule has 0 saturated heterocycles. The van der Waals surface area contributed by atoms with Crippen LogP contribution in [0.3, 0.4) is 0 Å². The van der Waals surface area contributed by atoms with Crippen LogP contribution in [0.4, 0.5) is 11.4 Å². The van der Waals surface area contributed by atoms with Crippen LogP contribution in [0.2, 0.25) is 0 Å². The van der Waals surface area contributed by atoms with Crippen molar-refractivity contribution >= 4 is 23.8 Å². The fraction of sp³-hybridized carbons (Fsp3) is 0. The summed E-state index contributed by atoms with van der Waals surface area (Å²) in [5.74, 6) is 0.935. The van der Waals surface area contributed by atoms with E-state index in [-0.39, 0.29) is 0 Å². The van der Waals surface area contributed by atoms with Crippen molar-refractivity contribution in [3.05, 3.63) is 120 Å². The maximum Gasteiger partial charge on any atom is 0.248 e. The molecule has 0 saturated carbocycles. The van der Waals surface area contributed by atoms with Crippen molar-refractivity contribution in [3.8, 4) is 22.9 Å². The highest BCUT2D eigenvalue weighted by molar-refractivity contribution is 5.82. The van der Waals surface area contributed by atoms with E-state index in [1.165, 1.54) is 0 Å². The summed E-state index contributed by atoms with van der Waals surface area (Å²) >= 11 is 0. The molecule has 0 spiro atoms. The maximum absolute atomic E-state index is 5.90. The largest absolute Gasteiger partial charge is 0.416 e. The van der Waals surface area contributed by atoms with E-state index in [1.54, 1.807) is 0 Å². The number of aliphatic imine (C=N–C) groups is 2. The molecule has 4 aromatic carbocycles. The first-order valence-electron chi connectivity index (χ1n) is 10.6. The van der Waals surface area contributed by atoms with Gasteiger partial charge in [0.2, 0.25) is 11.8 Å². The van der Waals surface area contributed by atoms with E-state index in [0.29, 0.717) is 11.8 Å². The van der Waals surface area contributed by atoms with E-state index in [1.807, 2.05) is 122 Å². The van der Waals surface area contributed by atoms with E-state index in [2.05, 4.69) is 20.2 Å². The Morgan fingerprint density at radius 2 is 0.879 bits per heavy atom. The van der Waals surface area contributed by atoms with Gasteiger partial charge < -0.3 is 4.42 Å². The van der Waals surface area contributed by atoms with Crippen molar-refractivity contribution in [1.82, 2.24) is 10.2 Å². The van der Waals surface area contributed by atoms with Crippen molar-refractivity contribution in [2.75, 3.05) is 0 Å². The highest BCUT2D eigenvalue weighted by Gasteiger charge is 2.10. The molecule has 0 radical (unpaired) electrons. The highest BCUT2D eigenvalue weighted by atomic mass is 16.4. The van der Waals surface area contributed by atoms with Crippen molar-refractivity contribution in [2.45, 2.75) is 0 Å². The zero-order valence-corrected chi connectivity index (χ0v) is 17.7. The molecule has 5 aromatic rings. The smallest absolute Gasteiger partial charge is 0.248 e. The van der Waals surface area contributed by atoms with Gasteiger partial charge in [-0.25, -0.2) is 0 Å². The van der Waals surface area contributed by atoms with Gasteiger partial charge in [0.05, 0.1) is 11.4 Å². The Bertz CT molecular complexity index is 1260. The Labute approximate surface area is 191 Å². The van der Waals surface area contributed by atoms with Gasteiger partial charge in [0.15, 0.2) is 0 Å². The highest BCUT2D eigenvalue weighted by Crippen LogP contribution is 2.27. The third kappa shape index (κ3) is 5.17. The number of hydrogen-bond donors (Lipinski definition) is 0. The Balaban J connectivity index is 1.27. The molecule has 0 N–H and O–H groups in total. The average molecular weight is 428 g/mol. The number of nitrogens with zero attached hydrogens (tertiary/aromatic N) is 4. The van der Waals surface area contributed by atoms with E-state index in [9.17, 15) is 0 Å². The molecule has 0 bridgehead atoms. The quantitative estimate of drug-likeness (QED) is 0.276. The molecule has 1 heterocycles. The normalized spacial score (nSPS) is 11.4. The summed E-state index contributed by atoms with van der Waals surface area (Å²) in [6.45, 7) is 0. The molecule has 0 atom stereocenters. The summed E-state index contributed by atoms with van der Waals surface area (Å²) < 4.78 is 5.90. The lowest BCUT2D eigenvalue weighted by Gasteiger charge is -1.98. The molecular formula is C28H20N4O. The maximum atomic E-state index is 5.90. The Hall–Kier alpha value is -4.64. The monoisotopic (exact) mass is 428 g/mol. The summed E-state index contributed by atoms with van der Waals surface area (Å²) in [4.78, 5) is 9.01. The van der Waals surface area contributed by atoms with Crippen LogP contribution in [0.5, 0.6) is 0 Å². The van der Waals surface area contributed by atoms with Gasteiger partial charge in [0.25, 0.3) is 0 Å². The molecule has 0 aliphatic carbocycles. The third-order valence-corrected chi connectivity index (χ3v) is 4.98. The predicted octanol–water partition coefficient (Wildman–Crippen LogP) is 6.90. The summed E-state index contributed by atoms with van der Waals surface area (Å²) in [6, 6.07) is 35.4. The van der Waals surface area contributed by atoms with Crippen LogP contribution in [-0.4, -0.2) is 22.6 Å². The summed E-state index contributed by atoms with van der Waals surface area (Å²) in [5, 5.41) is 8.40. The molecule has 5 heteroatoms. The SMILES string of the molecule is C(=Nc1ccc(-c2nnc(-c3ccc(N=Cc4ccccc4)cc3)o2)cc1)c1ccccc1. The van der Waals surface area contributed by atoms with E-state index in [4.69, 9.17) is 4.42 Å². The second-order valence-electron chi connectivity index (χ2n) is 7.34. The average Bonchev–Trinajstić information content (AvgIpc) is 3.38. The lowest BCUT2D eigenvalue weighted by molar-refractivity contribution is 0.584. The van der Waals surface area contributed by atoms with Gasteiger partial charge in [0.1, 0.15) is 0 Å². The Morgan fingerprint density at radius 1 is 0.485 bits per heavy atom. The number of rotatable bonds is 6. The van der Waals surface area contributed by atoms with E-state index < -0.39 is 0 Å². The Kier molecular flexibility index (Phi) is 5.94. The second kappa shape index (κ2) is 9.66. The van der Waals surface area contributed by atoms with Crippen LogP contribution in [-0.2, 0) is 0 Å². The van der Waals surface area contributed by atoms with Crippen molar-refractivity contribution in [1.29, 1.82) is 0 Å². The number of aromatic nitrogens is 2. The molecule has 0 aliphatic heterocycles. The molecule has 0 unspecified atom stereocenters. The molecule has 33 heavy (non-hydrogen) atoms. The molecule has 0 fully saturated rings. The van der Waals surface area contributed by atoms with Gasteiger partial charge in [-0.1, -0.05) is 60.7 Å². The number of hydrogen-bond acceptors (Lipinski definition) is 5. The van der Waals surface area contributed by atoms with Crippen LogP contribution in [0.15, 0.2) is 124 Å². The first-order valence-corrected chi connectivity index (χ1v) is 10.6. The lowest BCUT2D eigenvalue weighted by atomic mass is 10.2.